The van der Waals surface area contributed by atoms with E-state index < -0.39 is 26.2 Å². The first-order chi connectivity index (χ1) is 18.5. The second-order valence-electron chi connectivity index (χ2n) is 10.2. The van der Waals surface area contributed by atoms with E-state index in [1.165, 1.54) is 4.31 Å². The lowest BCUT2D eigenvalue weighted by Crippen LogP contribution is -2.49. The van der Waals surface area contributed by atoms with E-state index in [9.17, 15) is 16.8 Å². The molecule has 1 N–H and O–H groups in total. The van der Waals surface area contributed by atoms with E-state index in [4.69, 9.17) is 0 Å². The fourth-order valence-corrected chi connectivity index (χ4v) is 7.46. The topological polar surface area (TPSA) is 99.2 Å². The maximum atomic E-state index is 13.7. The van der Waals surface area contributed by atoms with Crippen LogP contribution in [0.1, 0.15) is 30.5 Å². The molecule has 0 aliphatic carbocycles. The summed E-state index contributed by atoms with van der Waals surface area (Å²) in [5.74, 6) is 0.154. The molecule has 0 aromatic heterocycles. The molecule has 3 aromatic carbocycles. The molecule has 1 aliphatic heterocycles. The predicted molar refractivity (Wildman–Crippen MR) is 154 cm³/mol. The van der Waals surface area contributed by atoms with Gasteiger partial charge in [-0.05, 0) is 49.6 Å². The number of amidine groups is 1. The first-order valence-electron chi connectivity index (χ1n) is 13.0. The Morgan fingerprint density at radius 1 is 0.846 bits per heavy atom. The van der Waals surface area contributed by atoms with Gasteiger partial charge in [-0.2, -0.15) is 12.7 Å². The third-order valence-corrected chi connectivity index (χ3v) is 9.93. The van der Waals surface area contributed by atoms with Crippen LogP contribution in [-0.2, 0) is 26.6 Å². The molecule has 1 atom stereocenters. The van der Waals surface area contributed by atoms with Gasteiger partial charge in [-0.25, -0.2) is 8.42 Å². The van der Waals surface area contributed by atoms with Crippen LogP contribution in [0.4, 0.5) is 0 Å². The molecule has 0 amide bonds. The first kappa shape index (κ1) is 28.9. The Kier molecular flexibility index (Phi) is 8.90. The van der Waals surface area contributed by atoms with Gasteiger partial charge < -0.3 is 10.2 Å². The summed E-state index contributed by atoms with van der Waals surface area (Å²) >= 11 is 0. The van der Waals surface area contributed by atoms with Crippen molar-refractivity contribution < 1.29 is 16.8 Å². The predicted octanol–water partition coefficient (Wildman–Crippen LogP) is 4.17. The highest BCUT2D eigenvalue weighted by Gasteiger charge is 2.43. The lowest BCUT2D eigenvalue weighted by molar-refractivity contribution is 0.210. The third-order valence-electron chi connectivity index (χ3n) is 6.73. The summed E-state index contributed by atoms with van der Waals surface area (Å²) in [5.41, 5.74) is 2.96. The molecule has 0 saturated carbocycles. The lowest BCUT2D eigenvalue weighted by atomic mass is 10.1. The highest BCUT2D eigenvalue weighted by Crippen LogP contribution is 2.29. The number of hydrogen-bond acceptors (Lipinski definition) is 5. The molecule has 0 bridgehead atoms. The van der Waals surface area contributed by atoms with Gasteiger partial charge in [0.15, 0.2) is 0 Å². The zero-order chi connectivity index (χ0) is 28.2. The van der Waals surface area contributed by atoms with Crippen molar-refractivity contribution in [1.82, 2.24) is 14.5 Å². The largest absolute Gasteiger partial charge is 0.340 e. The van der Waals surface area contributed by atoms with Gasteiger partial charge in [0.05, 0.1) is 22.5 Å². The van der Waals surface area contributed by atoms with Gasteiger partial charge >= 0.3 is 0 Å². The smallest absolute Gasteiger partial charge is 0.283 e. The summed E-state index contributed by atoms with van der Waals surface area (Å²) in [6.45, 7) is 8.88. The molecule has 0 spiro atoms. The number of benzene rings is 3. The zero-order valence-corrected chi connectivity index (χ0v) is 24.4. The highest BCUT2D eigenvalue weighted by molar-refractivity contribution is 7.90. The van der Waals surface area contributed by atoms with Crippen molar-refractivity contribution in [2.75, 3.05) is 19.6 Å². The van der Waals surface area contributed by atoms with E-state index in [0.29, 0.717) is 13.1 Å². The Balaban J connectivity index is 1.69. The molecule has 39 heavy (non-hydrogen) atoms. The molecule has 1 saturated heterocycles. The van der Waals surface area contributed by atoms with Crippen LogP contribution in [0.3, 0.4) is 0 Å². The molecule has 4 rings (SSSR count). The van der Waals surface area contributed by atoms with Gasteiger partial charge in [0.2, 0.25) is 10.0 Å². The quantitative estimate of drug-likeness (QED) is 0.307. The summed E-state index contributed by atoms with van der Waals surface area (Å²) < 4.78 is 59.9. The second kappa shape index (κ2) is 12.0. The number of aryl methyl sites for hydroxylation is 2. The molecule has 3 aromatic rings. The van der Waals surface area contributed by atoms with E-state index in [-0.39, 0.29) is 34.6 Å². The summed E-state index contributed by atoms with van der Waals surface area (Å²) in [5, 5.41) is 3.31. The number of rotatable bonds is 9. The van der Waals surface area contributed by atoms with Crippen molar-refractivity contribution >= 4 is 25.9 Å². The van der Waals surface area contributed by atoms with E-state index >= 15 is 0 Å². The maximum Gasteiger partial charge on any atom is 0.283 e. The monoisotopic (exact) mass is 568 g/mol. The molecule has 1 fully saturated rings. The number of hydrogen-bond donors (Lipinski definition) is 1. The highest BCUT2D eigenvalue weighted by atomic mass is 32.2. The zero-order valence-electron chi connectivity index (χ0n) is 22.8. The number of sulfonamides is 2. The van der Waals surface area contributed by atoms with Crippen molar-refractivity contribution in [3.05, 3.63) is 95.6 Å². The summed E-state index contributed by atoms with van der Waals surface area (Å²) in [6.07, 6.45) is -0.596. The molecule has 1 heterocycles. The van der Waals surface area contributed by atoms with Crippen molar-refractivity contribution in [1.29, 1.82) is 0 Å². The summed E-state index contributed by atoms with van der Waals surface area (Å²) in [7, 11) is -7.84. The average Bonchev–Trinajstić information content (AvgIpc) is 3.36. The van der Waals surface area contributed by atoms with Crippen LogP contribution in [0, 0.1) is 19.8 Å². The normalized spacial score (nSPS) is 17.2. The van der Waals surface area contributed by atoms with E-state index in [1.54, 1.807) is 48.5 Å². The molecule has 8 nitrogen and oxygen atoms in total. The standard InChI is InChI=1S/C29H36N4O4S2/c1-22(2)29-32(18-19-33(29)39(36,37)27-16-12-24(4)13-17-27)28(21-30-20-25-8-6-5-7-9-25)31-38(34,35)26-14-10-23(3)11-15-26/h5-17,22,29-30H,18-21H2,1-4H3/t29-/m1/s1. The molecule has 10 heteroatoms. The fraction of sp³-hybridized carbons (Fsp3) is 0.345. The minimum Gasteiger partial charge on any atom is -0.340 e. The van der Waals surface area contributed by atoms with Crippen LogP contribution >= 0.6 is 0 Å². The van der Waals surface area contributed by atoms with Crippen molar-refractivity contribution in [3.63, 3.8) is 0 Å². The number of nitrogens with one attached hydrogen (secondary N) is 1. The van der Waals surface area contributed by atoms with Crippen molar-refractivity contribution in [2.24, 2.45) is 10.3 Å². The van der Waals surface area contributed by atoms with Gasteiger partial charge in [-0.3, -0.25) is 0 Å². The van der Waals surface area contributed by atoms with Gasteiger partial charge in [0.25, 0.3) is 10.0 Å². The molecule has 208 valence electrons. The number of nitrogens with zero attached hydrogens (tertiary/aromatic N) is 3. The molecule has 0 unspecified atom stereocenters. The maximum absolute atomic E-state index is 13.7. The molecular formula is C29H36N4O4S2. The molecule has 1 aliphatic rings. The fourth-order valence-electron chi connectivity index (χ4n) is 4.71. The molecular weight excluding hydrogens is 532 g/mol. The minimum absolute atomic E-state index is 0.0955. The average molecular weight is 569 g/mol. The van der Waals surface area contributed by atoms with Crippen LogP contribution < -0.4 is 5.32 Å². The SMILES string of the molecule is Cc1ccc(S(=O)(=O)N=C(CNCc2ccccc2)N2CCN(S(=O)(=O)c3ccc(C)cc3)[C@@H]2C(C)C)cc1. The Morgan fingerprint density at radius 2 is 1.41 bits per heavy atom. The van der Waals surface area contributed by atoms with Gasteiger partial charge in [-0.1, -0.05) is 79.6 Å². The Hall–Kier alpha value is -3.05. The minimum atomic E-state index is -4.03. The van der Waals surface area contributed by atoms with Crippen molar-refractivity contribution in [3.8, 4) is 0 Å². The third kappa shape index (κ3) is 6.75. The van der Waals surface area contributed by atoms with Crippen LogP contribution in [0.2, 0.25) is 0 Å². The van der Waals surface area contributed by atoms with Crippen LogP contribution in [-0.4, -0.2) is 57.7 Å². The van der Waals surface area contributed by atoms with Gasteiger partial charge in [-0.15, -0.1) is 4.40 Å². The Labute approximate surface area is 232 Å². The Bertz CT molecular complexity index is 1500. The van der Waals surface area contributed by atoms with E-state index in [1.807, 2.05) is 62.9 Å². The van der Waals surface area contributed by atoms with Crippen molar-refractivity contribution in [2.45, 2.75) is 50.2 Å². The van der Waals surface area contributed by atoms with E-state index in [2.05, 4.69) is 9.71 Å². The summed E-state index contributed by atoms with van der Waals surface area (Å²) in [6, 6.07) is 23.1. The van der Waals surface area contributed by atoms with Crippen LogP contribution in [0.15, 0.2) is 93.1 Å². The Morgan fingerprint density at radius 3 is 1.97 bits per heavy atom. The van der Waals surface area contributed by atoms with E-state index in [0.717, 1.165) is 16.7 Å². The molecule has 0 radical (unpaired) electrons. The van der Waals surface area contributed by atoms with Gasteiger partial charge in [0.1, 0.15) is 5.84 Å². The first-order valence-corrected chi connectivity index (χ1v) is 15.9. The second-order valence-corrected chi connectivity index (χ2v) is 13.7. The summed E-state index contributed by atoms with van der Waals surface area (Å²) in [4.78, 5) is 2.13. The van der Waals surface area contributed by atoms with Gasteiger partial charge in [0, 0.05) is 19.6 Å². The van der Waals surface area contributed by atoms with Crippen LogP contribution in [0.25, 0.3) is 0 Å². The lowest BCUT2D eigenvalue weighted by Gasteiger charge is -2.34. The van der Waals surface area contributed by atoms with Crippen LogP contribution in [0.5, 0.6) is 0 Å².